The fourth-order valence-electron chi connectivity index (χ4n) is 2.25. The average Bonchev–Trinajstić information content (AvgIpc) is 2.66. The maximum absolute atomic E-state index is 11.8. The van der Waals surface area contributed by atoms with E-state index in [1.165, 1.54) is 0 Å². The number of hydrogen-bond acceptors (Lipinski definition) is 3. The van der Waals surface area contributed by atoms with Crippen LogP contribution < -0.4 is 0 Å². The van der Waals surface area contributed by atoms with Gasteiger partial charge in [0, 0.05) is 18.0 Å². The van der Waals surface area contributed by atoms with Crippen LogP contribution in [0.2, 0.25) is 5.02 Å². The molecule has 0 spiro atoms. The molecular weight excluding hydrogens is 282 g/mol. The first-order valence-electron chi connectivity index (χ1n) is 6.31. The molecule has 2 rings (SSSR count). The molecule has 1 aromatic carbocycles. The van der Waals surface area contributed by atoms with Crippen LogP contribution in [-0.2, 0) is 16.1 Å². The summed E-state index contributed by atoms with van der Waals surface area (Å²) >= 11 is 5.93. The minimum atomic E-state index is -0.881. The predicted octanol–water partition coefficient (Wildman–Crippen LogP) is 2.92. The van der Waals surface area contributed by atoms with E-state index in [1.807, 2.05) is 19.1 Å². The molecule has 1 saturated heterocycles. The highest BCUT2D eigenvalue weighted by Gasteiger charge is 2.43. The summed E-state index contributed by atoms with van der Waals surface area (Å²) < 4.78 is 5.08. The third-order valence-electron chi connectivity index (χ3n) is 3.49. The molecule has 1 amide bonds. The number of benzene rings is 1. The van der Waals surface area contributed by atoms with Crippen LogP contribution in [0.5, 0.6) is 0 Å². The molecule has 1 aliphatic rings. The molecule has 1 atom stereocenters. The van der Waals surface area contributed by atoms with E-state index >= 15 is 0 Å². The zero-order valence-corrected chi connectivity index (χ0v) is 11.9. The number of ether oxygens (including phenoxy) is 1. The van der Waals surface area contributed by atoms with Gasteiger partial charge in [0.05, 0.1) is 5.54 Å². The molecule has 5 nitrogen and oxygen atoms in total. The molecule has 0 bridgehead atoms. The smallest absolute Gasteiger partial charge is 0.410 e. The first-order valence-corrected chi connectivity index (χ1v) is 6.69. The maximum Gasteiger partial charge on any atom is 0.410 e. The van der Waals surface area contributed by atoms with Crippen molar-refractivity contribution in [2.45, 2.75) is 31.8 Å². The Morgan fingerprint density at radius 1 is 1.55 bits per heavy atom. The summed E-state index contributed by atoms with van der Waals surface area (Å²) in [5.74, 6) is -0.881. The Morgan fingerprint density at radius 3 is 2.95 bits per heavy atom. The molecule has 1 N–H and O–H groups in total. The maximum atomic E-state index is 11.8. The Hall–Kier alpha value is -1.75. The summed E-state index contributed by atoms with van der Waals surface area (Å²) in [6.45, 7) is 2.40. The van der Waals surface area contributed by atoms with Crippen molar-refractivity contribution in [1.29, 1.82) is 0 Å². The van der Waals surface area contributed by atoms with Crippen LogP contribution in [0.25, 0.3) is 0 Å². The quantitative estimate of drug-likeness (QED) is 0.907. The normalized spacial score (nSPS) is 21.9. The van der Waals surface area contributed by atoms with Crippen LogP contribution in [0.3, 0.4) is 0 Å². The van der Waals surface area contributed by atoms with Crippen molar-refractivity contribution < 1.29 is 19.4 Å². The lowest BCUT2D eigenvalue weighted by atomic mass is 9.95. The van der Waals surface area contributed by atoms with Gasteiger partial charge < -0.3 is 9.84 Å². The number of halogens is 1. The number of carbonyl (C=O) groups is 2. The minimum Gasteiger partial charge on any atom is -0.481 e. The second-order valence-electron chi connectivity index (χ2n) is 5.16. The van der Waals surface area contributed by atoms with E-state index in [2.05, 4.69) is 0 Å². The number of rotatable bonds is 5. The second-order valence-corrected chi connectivity index (χ2v) is 5.60. The van der Waals surface area contributed by atoms with Gasteiger partial charge >= 0.3 is 12.1 Å². The van der Waals surface area contributed by atoms with Crippen molar-refractivity contribution in [3.63, 3.8) is 0 Å². The fraction of sp³-hybridized carbons (Fsp3) is 0.429. The van der Waals surface area contributed by atoms with E-state index in [0.717, 1.165) is 5.56 Å². The Kier molecular flexibility index (Phi) is 4.18. The molecule has 6 heteroatoms. The number of hydrogen-bond donors (Lipinski definition) is 1. The molecule has 108 valence electrons. The highest BCUT2D eigenvalue weighted by atomic mass is 35.5. The number of carbonyl (C=O) groups excluding carboxylic acids is 1. The first kappa shape index (κ1) is 14.7. The molecule has 0 saturated carbocycles. The number of aliphatic carboxylic acids is 1. The van der Waals surface area contributed by atoms with E-state index < -0.39 is 17.6 Å². The fourth-order valence-corrected chi connectivity index (χ4v) is 2.46. The van der Waals surface area contributed by atoms with Gasteiger partial charge in [0.2, 0.25) is 0 Å². The molecule has 1 fully saturated rings. The van der Waals surface area contributed by atoms with Gasteiger partial charge in [-0.25, -0.2) is 4.79 Å². The van der Waals surface area contributed by atoms with Crippen LogP contribution in [0.1, 0.15) is 25.3 Å². The molecule has 0 aliphatic carbocycles. The number of carboxylic acid groups (broad SMARTS) is 1. The van der Waals surface area contributed by atoms with Gasteiger partial charge in [0.15, 0.2) is 0 Å². The Labute approximate surface area is 122 Å². The van der Waals surface area contributed by atoms with E-state index in [1.54, 1.807) is 17.0 Å². The SMILES string of the molecule is CC1(CCC(=O)O)COC(=O)N1Cc1cccc(Cl)c1. The van der Waals surface area contributed by atoms with Crippen molar-refractivity contribution in [3.8, 4) is 0 Å². The lowest BCUT2D eigenvalue weighted by molar-refractivity contribution is -0.137. The van der Waals surface area contributed by atoms with E-state index in [9.17, 15) is 9.59 Å². The second kappa shape index (κ2) is 5.71. The van der Waals surface area contributed by atoms with Crippen LogP contribution in [0.15, 0.2) is 24.3 Å². The highest BCUT2D eigenvalue weighted by molar-refractivity contribution is 6.30. The summed E-state index contributed by atoms with van der Waals surface area (Å²) in [6, 6.07) is 7.23. The topological polar surface area (TPSA) is 66.8 Å². The average molecular weight is 298 g/mol. The zero-order chi connectivity index (χ0) is 14.8. The number of cyclic esters (lactones) is 1. The molecule has 0 radical (unpaired) electrons. The summed E-state index contributed by atoms with van der Waals surface area (Å²) in [5.41, 5.74) is 0.288. The predicted molar refractivity (Wildman–Crippen MR) is 73.6 cm³/mol. The summed E-state index contributed by atoms with van der Waals surface area (Å²) in [6.07, 6.45) is -0.0637. The molecule has 1 aromatic rings. The lowest BCUT2D eigenvalue weighted by Crippen LogP contribution is -2.44. The van der Waals surface area contributed by atoms with Gasteiger partial charge in [-0.15, -0.1) is 0 Å². The van der Waals surface area contributed by atoms with Crippen molar-refractivity contribution in [3.05, 3.63) is 34.9 Å². The summed E-state index contributed by atoms with van der Waals surface area (Å²) in [7, 11) is 0. The van der Waals surface area contributed by atoms with Crippen molar-refractivity contribution in [2.24, 2.45) is 0 Å². The summed E-state index contributed by atoms with van der Waals surface area (Å²) in [4.78, 5) is 24.1. The van der Waals surface area contributed by atoms with Crippen LogP contribution in [-0.4, -0.2) is 34.2 Å². The van der Waals surface area contributed by atoms with Crippen molar-refractivity contribution in [1.82, 2.24) is 4.90 Å². The Balaban J connectivity index is 2.14. The number of amides is 1. The third kappa shape index (κ3) is 3.22. The van der Waals surface area contributed by atoms with Crippen LogP contribution in [0.4, 0.5) is 4.79 Å². The van der Waals surface area contributed by atoms with Gasteiger partial charge in [-0.3, -0.25) is 9.69 Å². The van der Waals surface area contributed by atoms with Crippen molar-refractivity contribution in [2.75, 3.05) is 6.61 Å². The molecule has 1 heterocycles. The van der Waals surface area contributed by atoms with E-state index in [4.69, 9.17) is 21.4 Å². The monoisotopic (exact) mass is 297 g/mol. The molecule has 1 unspecified atom stereocenters. The molecule has 1 aliphatic heterocycles. The zero-order valence-electron chi connectivity index (χ0n) is 11.1. The van der Waals surface area contributed by atoms with E-state index in [-0.39, 0.29) is 13.0 Å². The van der Waals surface area contributed by atoms with Gasteiger partial charge in [-0.05, 0) is 31.0 Å². The van der Waals surface area contributed by atoms with Gasteiger partial charge in [0.25, 0.3) is 0 Å². The molecule has 0 aromatic heterocycles. The number of carboxylic acids is 1. The minimum absolute atomic E-state index is 0.000808. The van der Waals surface area contributed by atoms with Crippen LogP contribution >= 0.6 is 11.6 Å². The lowest BCUT2D eigenvalue weighted by Gasteiger charge is -2.31. The van der Waals surface area contributed by atoms with Gasteiger partial charge in [-0.1, -0.05) is 23.7 Å². The molecule has 20 heavy (non-hydrogen) atoms. The van der Waals surface area contributed by atoms with E-state index in [0.29, 0.717) is 18.0 Å². The van der Waals surface area contributed by atoms with Gasteiger partial charge in [-0.2, -0.15) is 0 Å². The Bertz CT molecular complexity index is 534. The Morgan fingerprint density at radius 2 is 2.30 bits per heavy atom. The molecular formula is C14H16ClNO4. The van der Waals surface area contributed by atoms with Crippen molar-refractivity contribution >= 4 is 23.7 Å². The third-order valence-corrected chi connectivity index (χ3v) is 3.72. The standard InChI is InChI=1S/C14H16ClNO4/c1-14(6-5-12(17)18)9-20-13(19)16(14)8-10-3-2-4-11(15)7-10/h2-4,7H,5-6,8-9H2,1H3,(H,17,18). The first-order chi connectivity index (χ1) is 9.40. The number of nitrogens with zero attached hydrogens (tertiary/aromatic N) is 1. The summed E-state index contributed by atoms with van der Waals surface area (Å²) in [5, 5.41) is 9.40. The highest BCUT2D eigenvalue weighted by Crippen LogP contribution is 2.30. The largest absolute Gasteiger partial charge is 0.481 e. The van der Waals surface area contributed by atoms with Gasteiger partial charge in [0.1, 0.15) is 6.61 Å². The van der Waals surface area contributed by atoms with Crippen LogP contribution in [0, 0.1) is 0 Å².